The largest absolute Gasteiger partial charge is 0.490 e. The summed E-state index contributed by atoms with van der Waals surface area (Å²) >= 11 is 0. The minimum absolute atomic E-state index is 0.229. The highest BCUT2D eigenvalue weighted by molar-refractivity contribution is 5.39. The third-order valence-corrected chi connectivity index (χ3v) is 2.60. The van der Waals surface area contributed by atoms with E-state index in [9.17, 15) is 5.11 Å². The number of aliphatic hydroxyl groups excluding tert-OH is 1. The molecular weight excluding hydrogens is 258 g/mol. The molecule has 0 aliphatic rings. The highest BCUT2D eigenvalue weighted by Crippen LogP contribution is 2.26. The molecule has 0 spiro atoms. The van der Waals surface area contributed by atoms with Crippen molar-refractivity contribution in [3.05, 3.63) is 24.3 Å². The Bertz CT molecular complexity index is 359. The average molecular weight is 283 g/mol. The number of aliphatic hydroxyl groups is 1. The van der Waals surface area contributed by atoms with Crippen molar-refractivity contribution in [2.45, 2.75) is 19.4 Å². The Balaban J connectivity index is 2.32. The van der Waals surface area contributed by atoms with Gasteiger partial charge in [-0.15, -0.1) is 0 Å². The molecule has 0 aromatic heterocycles. The van der Waals surface area contributed by atoms with Gasteiger partial charge in [-0.25, -0.2) is 0 Å². The van der Waals surface area contributed by atoms with Gasteiger partial charge >= 0.3 is 0 Å². The highest BCUT2D eigenvalue weighted by Gasteiger charge is 2.08. The van der Waals surface area contributed by atoms with Crippen LogP contribution in [0, 0.1) is 0 Å². The SMILES string of the molecule is CCCOc1ccccc1OCC(O)CNCCOC. The molecule has 0 amide bonds. The van der Waals surface area contributed by atoms with Gasteiger partial charge in [0, 0.05) is 20.2 Å². The molecule has 0 fully saturated rings. The van der Waals surface area contributed by atoms with Crippen LogP contribution in [0.4, 0.5) is 0 Å². The van der Waals surface area contributed by atoms with Gasteiger partial charge in [-0.3, -0.25) is 0 Å². The fourth-order valence-corrected chi connectivity index (χ4v) is 1.59. The normalized spacial score (nSPS) is 12.2. The monoisotopic (exact) mass is 283 g/mol. The third-order valence-electron chi connectivity index (χ3n) is 2.60. The molecule has 1 aromatic carbocycles. The van der Waals surface area contributed by atoms with E-state index in [0.717, 1.165) is 6.42 Å². The van der Waals surface area contributed by atoms with Crippen LogP contribution in [0.3, 0.4) is 0 Å². The molecule has 0 heterocycles. The van der Waals surface area contributed by atoms with Crippen LogP contribution in [0.5, 0.6) is 11.5 Å². The Morgan fingerprint density at radius 3 is 2.50 bits per heavy atom. The number of methoxy groups -OCH3 is 1. The maximum absolute atomic E-state index is 9.81. The fourth-order valence-electron chi connectivity index (χ4n) is 1.59. The van der Waals surface area contributed by atoms with Crippen LogP contribution in [0.2, 0.25) is 0 Å². The molecule has 0 saturated carbocycles. The van der Waals surface area contributed by atoms with E-state index in [4.69, 9.17) is 14.2 Å². The van der Waals surface area contributed by atoms with Gasteiger partial charge < -0.3 is 24.6 Å². The molecule has 5 heteroatoms. The van der Waals surface area contributed by atoms with Gasteiger partial charge in [0.1, 0.15) is 12.7 Å². The summed E-state index contributed by atoms with van der Waals surface area (Å²) in [6.45, 7) is 4.75. The summed E-state index contributed by atoms with van der Waals surface area (Å²) in [4.78, 5) is 0. The van der Waals surface area contributed by atoms with Gasteiger partial charge in [0.25, 0.3) is 0 Å². The van der Waals surface area contributed by atoms with Gasteiger partial charge in [0.15, 0.2) is 11.5 Å². The van der Waals surface area contributed by atoms with Gasteiger partial charge in [0.05, 0.1) is 13.2 Å². The Labute approximate surface area is 120 Å². The van der Waals surface area contributed by atoms with E-state index < -0.39 is 6.10 Å². The molecule has 0 radical (unpaired) electrons. The lowest BCUT2D eigenvalue weighted by atomic mass is 10.3. The smallest absolute Gasteiger partial charge is 0.161 e. The number of para-hydroxylation sites is 2. The standard InChI is InChI=1S/C15H25NO4/c1-3-9-19-14-6-4-5-7-15(14)20-12-13(17)11-16-8-10-18-2/h4-7,13,16-17H,3,8-12H2,1-2H3. The lowest BCUT2D eigenvalue weighted by Crippen LogP contribution is -2.33. The maximum atomic E-state index is 9.81. The van der Waals surface area contributed by atoms with Gasteiger partial charge in [0.2, 0.25) is 0 Å². The summed E-state index contributed by atoms with van der Waals surface area (Å²) in [5.41, 5.74) is 0. The second-order valence-corrected chi connectivity index (χ2v) is 4.46. The Morgan fingerprint density at radius 1 is 1.15 bits per heavy atom. The van der Waals surface area contributed by atoms with Crippen molar-refractivity contribution in [1.29, 1.82) is 0 Å². The Morgan fingerprint density at radius 2 is 1.85 bits per heavy atom. The molecular formula is C15H25NO4. The summed E-state index contributed by atoms with van der Waals surface area (Å²) in [7, 11) is 1.65. The summed E-state index contributed by atoms with van der Waals surface area (Å²) in [6.07, 6.45) is 0.381. The number of ether oxygens (including phenoxy) is 3. The van der Waals surface area contributed by atoms with E-state index in [-0.39, 0.29) is 6.61 Å². The van der Waals surface area contributed by atoms with Crippen molar-refractivity contribution in [3.8, 4) is 11.5 Å². The highest BCUT2D eigenvalue weighted by atomic mass is 16.5. The summed E-state index contributed by atoms with van der Waals surface area (Å²) in [5, 5.41) is 12.9. The summed E-state index contributed by atoms with van der Waals surface area (Å²) < 4.78 is 16.1. The Hall–Kier alpha value is -1.30. The molecule has 1 aromatic rings. The Kier molecular flexibility index (Phi) is 8.78. The van der Waals surface area contributed by atoms with Crippen molar-refractivity contribution >= 4 is 0 Å². The molecule has 0 bridgehead atoms. The zero-order chi connectivity index (χ0) is 14.6. The quantitative estimate of drug-likeness (QED) is 0.602. The van der Waals surface area contributed by atoms with Crippen molar-refractivity contribution in [2.24, 2.45) is 0 Å². The molecule has 0 aliphatic carbocycles. The summed E-state index contributed by atoms with van der Waals surface area (Å²) in [6, 6.07) is 7.50. The molecule has 114 valence electrons. The number of hydrogen-bond acceptors (Lipinski definition) is 5. The molecule has 0 saturated heterocycles. The molecule has 1 atom stereocenters. The first-order valence-electron chi connectivity index (χ1n) is 7.00. The van der Waals surface area contributed by atoms with E-state index in [1.54, 1.807) is 7.11 Å². The molecule has 20 heavy (non-hydrogen) atoms. The van der Waals surface area contributed by atoms with Crippen molar-refractivity contribution in [2.75, 3.05) is 40.0 Å². The number of rotatable bonds is 11. The molecule has 1 rings (SSSR count). The molecule has 1 unspecified atom stereocenters. The fraction of sp³-hybridized carbons (Fsp3) is 0.600. The van der Waals surface area contributed by atoms with Crippen LogP contribution in [0.1, 0.15) is 13.3 Å². The van der Waals surface area contributed by atoms with E-state index in [0.29, 0.717) is 37.8 Å². The molecule has 2 N–H and O–H groups in total. The first kappa shape index (κ1) is 16.8. The van der Waals surface area contributed by atoms with E-state index in [1.165, 1.54) is 0 Å². The van der Waals surface area contributed by atoms with E-state index in [2.05, 4.69) is 12.2 Å². The van der Waals surface area contributed by atoms with Crippen LogP contribution < -0.4 is 14.8 Å². The van der Waals surface area contributed by atoms with E-state index in [1.807, 2.05) is 24.3 Å². The molecule has 0 aliphatic heterocycles. The first-order chi connectivity index (χ1) is 9.77. The zero-order valence-electron chi connectivity index (χ0n) is 12.3. The van der Waals surface area contributed by atoms with Crippen LogP contribution in [-0.4, -0.2) is 51.2 Å². The van der Waals surface area contributed by atoms with Crippen LogP contribution >= 0.6 is 0 Å². The number of nitrogens with one attached hydrogen (secondary N) is 1. The number of hydrogen-bond donors (Lipinski definition) is 2. The topological polar surface area (TPSA) is 60.0 Å². The van der Waals surface area contributed by atoms with Gasteiger partial charge in [-0.2, -0.15) is 0 Å². The van der Waals surface area contributed by atoms with Crippen LogP contribution in [-0.2, 0) is 4.74 Å². The van der Waals surface area contributed by atoms with Crippen molar-refractivity contribution in [1.82, 2.24) is 5.32 Å². The predicted molar refractivity (Wildman–Crippen MR) is 78.5 cm³/mol. The third kappa shape index (κ3) is 6.75. The van der Waals surface area contributed by atoms with E-state index >= 15 is 0 Å². The number of benzene rings is 1. The average Bonchev–Trinajstić information content (AvgIpc) is 2.48. The van der Waals surface area contributed by atoms with Crippen molar-refractivity contribution in [3.63, 3.8) is 0 Å². The molecule has 5 nitrogen and oxygen atoms in total. The minimum atomic E-state index is -0.564. The first-order valence-corrected chi connectivity index (χ1v) is 7.00. The maximum Gasteiger partial charge on any atom is 0.161 e. The summed E-state index contributed by atoms with van der Waals surface area (Å²) in [5.74, 6) is 1.38. The van der Waals surface area contributed by atoms with Gasteiger partial charge in [-0.1, -0.05) is 19.1 Å². The second kappa shape index (κ2) is 10.5. The predicted octanol–water partition coefficient (Wildman–Crippen LogP) is 1.45. The van der Waals surface area contributed by atoms with Crippen LogP contribution in [0.25, 0.3) is 0 Å². The lowest BCUT2D eigenvalue weighted by Gasteiger charge is -2.15. The minimum Gasteiger partial charge on any atom is -0.490 e. The zero-order valence-corrected chi connectivity index (χ0v) is 12.3. The van der Waals surface area contributed by atoms with Gasteiger partial charge in [-0.05, 0) is 18.6 Å². The van der Waals surface area contributed by atoms with Crippen molar-refractivity contribution < 1.29 is 19.3 Å². The van der Waals surface area contributed by atoms with Crippen LogP contribution in [0.15, 0.2) is 24.3 Å². The second-order valence-electron chi connectivity index (χ2n) is 4.46. The lowest BCUT2D eigenvalue weighted by molar-refractivity contribution is 0.101.